The van der Waals surface area contributed by atoms with E-state index in [9.17, 15) is 0 Å². The molecule has 86 valence electrons. The minimum atomic E-state index is -0.0719. The van der Waals surface area contributed by atoms with Crippen molar-refractivity contribution < 1.29 is 4.74 Å². The molecule has 3 unspecified atom stereocenters. The second-order valence-electron chi connectivity index (χ2n) is 7.20. The number of rotatable bonds is 1. The van der Waals surface area contributed by atoms with Crippen LogP contribution in [0.2, 0.25) is 0 Å². The highest BCUT2D eigenvalue weighted by Crippen LogP contribution is 2.41. The Labute approximate surface area is 96.4 Å². The van der Waals surface area contributed by atoms with Crippen LogP contribution in [0.5, 0.6) is 0 Å². The van der Waals surface area contributed by atoms with Gasteiger partial charge in [0.05, 0.1) is 6.10 Å². The lowest BCUT2D eigenvalue weighted by Crippen LogP contribution is -2.28. The molecule has 3 atom stereocenters. The molecule has 0 saturated carbocycles. The zero-order chi connectivity index (χ0) is 11.9. The molecule has 1 saturated heterocycles. The quantitative estimate of drug-likeness (QED) is 0.600. The topological polar surface area (TPSA) is 9.23 Å². The second-order valence-corrected chi connectivity index (χ2v) is 7.20. The molecule has 1 heterocycles. The summed E-state index contributed by atoms with van der Waals surface area (Å²) >= 11 is 0. The van der Waals surface area contributed by atoms with Gasteiger partial charge in [0.15, 0.2) is 0 Å². The van der Waals surface area contributed by atoms with Crippen LogP contribution in [0.25, 0.3) is 0 Å². The standard InChI is InChI=1S/C13H25BO/c1-12(2,3)8-9-7-10(11(14)15-9)13(4,5)6/h9-11H,7-8H2,1-6H3. The largest absolute Gasteiger partial charge is 0.384 e. The Kier molecular flexibility index (Phi) is 3.60. The predicted molar refractivity (Wildman–Crippen MR) is 66.0 cm³/mol. The van der Waals surface area contributed by atoms with Crippen LogP contribution in [-0.2, 0) is 4.74 Å². The Balaban J connectivity index is 2.57. The van der Waals surface area contributed by atoms with Crippen LogP contribution < -0.4 is 0 Å². The molecule has 1 fully saturated rings. The summed E-state index contributed by atoms with van der Waals surface area (Å²) in [5.41, 5.74) is 0.587. The summed E-state index contributed by atoms with van der Waals surface area (Å²) in [5.74, 6) is 0.491. The molecular weight excluding hydrogens is 183 g/mol. The summed E-state index contributed by atoms with van der Waals surface area (Å²) in [6, 6.07) is -0.0719. The van der Waals surface area contributed by atoms with Crippen molar-refractivity contribution in [2.24, 2.45) is 16.7 Å². The molecule has 1 nitrogen and oxygen atoms in total. The third kappa shape index (κ3) is 3.83. The van der Waals surface area contributed by atoms with Gasteiger partial charge in [-0.25, -0.2) is 0 Å². The fourth-order valence-electron chi connectivity index (χ4n) is 2.45. The molecule has 2 heteroatoms. The van der Waals surface area contributed by atoms with Crippen molar-refractivity contribution in [2.45, 2.75) is 66.5 Å². The van der Waals surface area contributed by atoms with Crippen LogP contribution in [0, 0.1) is 16.7 Å². The minimum Gasteiger partial charge on any atom is -0.384 e. The van der Waals surface area contributed by atoms with E-state index in [1.54, 1.807) is 0 Å². The summed E-state index contributed by atoms with van der Waals surface area (Å²) in [6.07, 6.45) is 2.57. The molecule has 0 aromatic carbocycles. The van der Waals surface area contributed by atoms with E-state index in [1.807, 2.05) is 0 Å². The van der Waals surface area contributed by atoms with Crippen LogP contribution in [0.4, 0.5) is 0 Å². The molecule has 2 radical (unpaired) electrons. The van der Waals surface area contributed by atoms with Crippen LogP contribution in [0.1, 0.15) is 54.4 Å². The number of hydrogen-bond acceptors (Lipinski definition) is 1. The highest BCUT2D eigenvalue weighted by molar-refractivity contribution is 6.11. The fourth-order valence-corrected chi connectivity index (χ4v) is 2.45. The third-order valence-electron chi connectivity index (χ3n) is 3.22. The summed E-state index contributed by atoms with van der Waals surface area (Å²) in [5, 5.41) is 0. The molecular formula is C13H25BO. The van der Waals surface area contributed by atoms with E-state index >= 15 is 0 Å². The molecule has 0 amide bonds. The lowest BCUT2D eigenvalue weighted by molar-refractivity contribution is 0.0463. The molecule has 0 bridgehead atoms. The van der Waals surface area contributed by atoms with Gasteiger partial charge in [0, 0.05) is 6.00 Å². The Morgan fingerprint density at radius 2 is 1.67 bits per heavy atom. The van der Waals surface area contributed by atoms with Gasteiger partial charge in [-0.2, -0.15) is 0 Å². The van der Waals surface area contributed by atoms with E-state index in [0.717, 1.165) is 12.8 Å². The highest BCUT2D eigenvalue weighted by Gasteiger charge is 2.39. The highest BCUT2D eigenvalue weighted by atomic mass is 16.5. The van der Waals surface area contributed by atoms with Gasteiger partial charge in [0.1, 0.15) is 7.85 Å². The van der Waals surface area contributed by atoms with Crippen molar-refractivity contribution in [3.05, 3.63) is 0 Å². The van der Waals surface area contributed by atoms with Crippen molar-refractivity contribution in [3.8, 4) is 0 Å². The van der Waals surface area contributed by atoms with E-state index in [1.165, 1.54) is 0 Å². The predicted octanol–water partition coefficient (Wildman–Crippen LogP) is 3.37. The first-order chi connectivity index (χ1) is 6.59. The van der Waals surface area contributed by atoms with Gasteiger partial charge in [0.25, 0.3) is 0 Å². The van der Waals surface area contributed by atoms with Crippen LogP contribution in [-0.4, -0.2) is 20.0 Å². The summed E-state index contributed by atoms with van der Waals surface area (Å²) in [4.78, 5) is 0. The van der Waals surface area contributed by atoms with Gasteiger partial charge < -0.3 is 4.74 Å². The molecule has 0 aromatic heterocycles. The van der Waals surface area contributed by atoms with E-state index in [-0.39, 0.29) is 11.4 Å². The second kappa shape index (κ2) is 4.12. The Hall–Kier alpha value is 0.0249. The maximum atomic E-state index is 6.05. The molecule has 0 N–H and O–H groups in total. The van der Waals surface area contributed by atoms with Crippen molar-refractivity contribution in [2.75, 3.05) is 0 Å². The van der Waals surface area contributed by atoms with Crippen LogP contribution in [0.15, 0.2) is 0 Å². The monoisotopic (exact) mass is 208 g/mol. The first kappa shape index (κ1) is 13.1. The van der Waals surface area contributed by atoms with Gasteiger partial charge in [-0.15, -0.1) is 0 Å². The number of hydrogen-bond donors (Lipinski definition) is 0. The smallest absolute Gasteiger partial charge is 0.109 e. The van der Waals surface area contributed by atoms with Crippen molar-refractivity contribution in [1.29, 1.82) is 0 Å². The average Bonchev–Trinajstić information content (AvgIpc) is 2.25. The number of ether oxygens (including phenoxy) is 1. The van der Waals surface area contributed by atoms with E-state index < -0.39 is 0 Å². The van der Waals surface area contributed by atoms with Crippen LogP contribution >= 0.6 is 0 Å². The lowest BCUT2D eigenvalue weighted by Gasteiger charge is -2.29. The Morgan fingerprint density at radius 3 is 2.00 bits per heavy atom. The van der Waals surface area contributed by atoms with Crippen molar-refractivity contribution in [3.63, 3.8) is 0 Å². The molecule has 0 aliphatic carbocycles. The summed E-state index contributed by atoms with van der Waals surface area (Å²) in [6.45, 7) is 13.5. The van der Waals surface area contributed by atoms with Gasteiger partial charge in [0.2, 0.25) is 0 Å². The Morgan fingerprint density at radius 1 is 1.13 bits per heavy atom. The minimum absolute atomic E-state index is 0.0719. The molecule has 1 aliphatic heterocycles. The van der Waals surface area contributed by atoms with Gasteiger partial charge in [-0.1, -0.05) is 41.5 Å². The summed E-state index contributed by atoms with van der Waals surface area (Å²) in [7, 11) is 6.05. The zero-order valence-corrected chi connectivity index (χ0v) is 11.1. The SMILES string of the molecule is [B]C1OC(CC(C)(C)C)CC1C(C)(C)C. The van der Waals surface area contributed by atoms with E-state index in [2.05, 4.69) is 41.5 Å². The maximum absolute atomic E-state index is 6.05. The average molecular weight is 208 g/mol. The van der Waals surface area contributed by atoms with Crippen molar-refractivity contribution in [1.82, 2.24) is 0 Å². The summed E-state index contributed by atoms with van der Waals surface area (Å²) < 4.78 is 5.85. The van der Waals surface area contributed by atoms with E-state index in [4.69, 9.17) is 12.6 Å². The molecule has 15 heavy (non-hydrogen) atoms. The maximum Gasteiger partial charge on any atom is 0.109 e. The molecule has 0 spiro atoms. The fraction of sp³-hybridized carbons (Fsp3) is 1.00. The van der Waals surface area contributed by atoms with Gasteiger partial charge in [-0.05, 0) is 29.6 Å². The van der Waals surface area contributed by atoms with Crippen LogP contribution in [0.3, 0.4) is 0 Å². The Bertz CT molecular complexity index is 212. The normalized spacial score (nSPS) is 33.3. The first-order valence-corrected chi connectivity index (χ1v) is 6.01. The molecule has 0 aromatic rings. The third-order valence-corrected chi connectivity index (χ3v) is 3.22. The zero-order valence-electron chi connectivity index (χ0n) is 11.1. The van der Waals surface area contributed by atoms with Gasteiger partial charge >= 0.3 is 0 Å². The van der Waals surface area contributed by atoms with Crippen molar-refractivity contribution >= 4 is 7.85 Å². The molecule has 1 rings (SSSR count). The first-order valence-electron chi connectivity index (χ1n) is 6.01. The van der Waals surface area contributed by atoms with E-state index in [0.29, 0.717) is 17.4 Å². The van der Waals surface area contributed by atoms with Gasteiger partial charge in [-0.3, -0.25) is 0 Å². The molecule has 1 aliphatic rings. The lowest BCUT2D eigenvalue weighted by atomic mass is 9.70.